The number of fused-ring (bicyclic) bond motifs is 9. The molecule has 10 aromatic rings. The summed E-state index contributed by atoms with van der Waals surface area (Å²) in [6, 6.07) is 54.8. The highest BCUT2D eigenvalue weighted by atomic mass is 32.1. The molecule has 6 heteroatoms. The first-order valence-corrected chi connectivity index (χ1v) is 19.0. The maximum absolute atomic E-state index is 6.47. The Kier molecular flexibility index (Phi) is 6.69. The Hall–Kier alpha value is -5.34. The maximum atomic E-state index is 6.47. The summed E-state index contributed by atoms with van der Waals surface area (Å²) in [7, 11) is 0. The Bertz CT molecular complexity index is 2940. The summed E-state index contributed by atoms with van der Waals surface area (Å²) in [5.74, 6) is 0. The number of rotatable bonds is 4. The van der Waals surface area contributed by atoms with Crippen LogP contribution in [0.4, 0.5) is 0 Å². The van der Waals surface area contributed by atoms with Gasteiger partial charge in [-0.3, -0.25) is 16.0 Å². The number of hydrogen-bond donors (Lipinski definition) is 3. The molecule has 51 heavy (non-hydrogen) atoms. The van der Waals surface area contributed by atoms with Crippen LogP contribution in [0.5, 0.6) is 0 Å². The van der Waals surface area contributed by atoms with Crippen molar-refractivity contribution in [2.45, 2.75) is 18.5 Å². The van der Waals surface area contributed by atoms with Gasteiger partial charge in [0.1, 0.15) is 11.2 Å². The molecule has 1 saturated heterocycles. The molecular formula is C45H31N3OS2. The standard InChI is InChI=1S/C45H31N3OS2/c1-2-10-26(11-3-1)43-46-44(48-45(47-43)28-20-22-31-30-13-5-7-19-38(30)50-40(31)25-28)27-21-23-39-36(24-27)35-17-9-16-34(42(35)51-39)33-15-8-14-32-29-12-4-6-18-37(29)49-41(32)33/h1-25,43-48H. The van der Waals surface area contributed by atoms with Crippen LogP contribution in [0.1, 0.15) is 35.2 Å². The first kappa shape index (κ1) is 29.4. The van der Waals surface area contributed by atoms with E-state index in [0.717, 1.165) is 27.5 Å². The molecule has 0 bridgehead atoms. The third-order valence-corrected chi connectivity index (χ3v) is 12.8. The SMILES string of the molecule is c1ccc(C2NC(c3ccc4c(c3)sc3ccccc34)NC(c3ccc4sc5c(-c6cccc7c6oc6ccccc67)cccc5c4c3)N2)cc1. The van der Waals surface area contributed by atoms with Gasteiger partial charge in [0.2, 0.25) is 0 Å². The number of hydrogen-bond acceptors (Lipinski definition) is 6. The molecule has 4 heterocycles. The van der Waals surface area contributed by atoms with Gasteiger partial charge in [-0.15, -0.1) is 22.7 Å². The van der Waals surface area contributed by atoms with Crippen LogP contribution in [-0.4, -0.2) is 0 Å². The monoisotopic (exact) mass is 693 g/mol. The average Bonchev–Trinajstić information content (AvgIpc) is 3.89. The minimum atomic E-state index is -0.0774. The Morgan fingerprint density at radius 3 is 1.88 bits per heavy atom. The van der Waals surface area contributed by atoms with Gasteiger partial charge in [-0.25, -0.2) is 0 Å². The molecule has 4 nitrogen and oxygen atoms in total. The lowest BCUT2D eigenvalue weighted by molar-refractivity contribution is 0.203. The highest BCUT2D eigenvalue weighted by Gasteiger charge is 2.30. The molecule has 0 radical (unpaired) electrons. The molecule has 0 amide bonds. The predicted molar refractivity (Wildman–Crippen MR) is 215 cm³/mol. The molecule has 3 aromatic heterocycles. The van der Waals surface area contributed by atoms with Crippen LogP contribution in [0, 0.1) is 0 Å². The molecule has 244 valence electrons. The van der Waals surface area contributed by atoms with E-state index >= 15 is 0 Å². The zero-order chi connectivity index (χ0) is 33.5. The molecule has 3 unspecified atom stereocenters. The zero-order valence-corrected chi connectivity index (χ0v) is 29.0. The topological polar surface area (TPSA) is 49.2 Å². The smallest absolute Gasteiger partial charge is 0.143 e. The van der Waals surface area contributed by atoms with Gasteiger partial charge < -0.3 is 4.42 Å². The Morgan fingerprint density at radius 1 is 0.392 bits per heavy atom. The first-order valence-electron chi connectivity index (χ1n) is 17.4. The second-order valence-corrected chi connectivity index (χ2v) is 15.5. The lowest BCUT2D eigenvalue weighted by atomic mass is 9.99. The number of nitrogens with one attached hydrogen (secondary N) is 3. The van der Waals surface area contributed by atoms with E-state index in [9.17, 15) is 0 Å². The molecule has 0 aliphatic carbocycles. The van der Waals surface area contributed by atoms with Crippen molar-refractivity contribution in [3.8, 4) is 11.1 Å². The molecule has 3 atom stereocenters. The largest absolute Gasteiger partial charge is 0.455 e. The maximum Gasteiger partial charge on any atom is 0.143 e. The second kappa shape index (κ2) is 11.6. The van der Waals surface area contributed by atoms with Gasteiger partial charge in [-0.2, -0.15) is 0 Å². The third-order valence-electron chi connectivity index (χ3n) is 10.4. The lowest BCUT2D eigenvalue weighted by Gasteiger charge is -2.39. The second-order valence-electron chi connectivity index (χ2n) is 13.4. The van der Waals surface area contributed by atoms with Gasteiger partial charge in [-0.05, 0) is 47.0 Å². The van der Waals surface area contributed by atoms with Crippen LogP contribution < -0.4 is 16.0 Å². The summed E-state index contributed by atoms with van der Waals surface area (Å²) in [6.45, 7) is 0. The molecule has 1 fully saturated rings. The fourth-order valence-corrected chi connectivity index (χ4v) is 10.3. The van der Waals surface area contributed by atoms with Gasteiger partial charge in [-0.1, -0.05) is 121 Å². The molecule has 1 aliphatic heterocycles. The van der Waals surface area contributed by atoms with E-state index in [4.69, 9.17) is 4.42 Å². The van der Waals surface area contributed by atoms with Crippen molar-refractivity contribution in [3.63, 3.8) is 0 Å². The van der Waals surface area contributed by atoms with Gasteiger partial charge in [0.25, 0.3) is 0 Å². The van der Waals surface area contributed by atoms with E-state index in [1.807, 2.05) is 28.7 Å². The number of para-hydroxylation sites is 2. The predicted octanol–water partition coefficient (Wildman–Crippen LogP) is 12.2. The van der Waals surface area contributed by atoms with E-state index in [0.29, 0.717) is 0 Å². The normalized spacial score (nSPS) is 18.2. The lowest BCUT2D eigenvalue weighted by Crippen LogP contribution is -2.54. The highest BCUT2D eigenvalue weighted by molar-refractivity contribution is 7.26. The summed E-state index contributed by atoms with van der Waals surface area (Å²) in [5.41, 5.74) is 7.86. The van der Waals surface area contributed by atoms with E-state index in [1.54, 1.807) is 0 Å². The average molecular weight is 694 g/mol. The first-order chi connectivity index (χ1) is 25.2. The van der Waals surface area contributed by atoms with Crippen molar-refractivity contribution in [1.29, 1.82) is 0 Å². The van der Waals surface area contributed by atoms with Crippen LogP contribution in [-0.2, 0) is 0 Å². The van der Waals surface area contributed by atoms with Crippen molar-refractivity contribution in [2.24, 2.45) is 0 Å². The Balaban J connectivity index is 1.01. The number of furan rings is 1. The van der Waals surface area contributed by atoms with Crippen LogP contribution in [0.3, 0.4) is 0 Å². The zero-order valence-electron chi connectivity index (χ0n) is 27.4. The van der Waals surface area contributed by atoms with E-state index in [1.165, 1.54) is 62.6 Å². The van der Waals surface area contributed by atoms with E-state index in [-0.39, 0.29) is 18.5 Å². The minimum absolute atomic E-state index is 0.0358. The summed E-state index contributed by atoms with van der Waals surface area (Å²) < 4.78 is 11.7. The molecular weight excluding hydrogens is 663 g/mol. The molecule has 11 rings (SSSR count). The summed E-state index contributed by atoms with van der Waals surface area (Å²) in [5, 5.41) is 19.2. The highest BCUT2D eigenvalue weighted by Crippen LogP contribution is 2.44. The van der Waals surface area contributed by atoms with Crippen molar-refractivity contribution in [3.05, 3.63) is 168 Å². The number of thiophene rings is 2. The molecule has 0 spiro atoms. The summed E-state index contributed by atoms with van der Waals surface area (Å²) in [6.07, 6.45) is -0.167. The van der Waals surface area contributed by atoms with Crippen LogP contribution in [0.25, 0.3) is 73.4 Å². The van der Waals surface area contributed by atoms with E-state index in [2.05, 4.69) is 162 Å². The Morgan fingerprint density at radius 2 is 1.02 bits per heavy atom. The van der Waals surface area contributed by atoms with Gasteiger partial charge in [0, 0.05) is 62.2 Å². The Labute approximate surface area is 302 Å². The van der Waals surface area contributed by atoms with Crippen molar-refractivity contribution < 1.29 is 4.42 Å². The molecule has 3 N–H and O–H groups in total. The summed E-state index contributed by atoms with van der Waals surface area (Å²) in [4.78, 5) is 0. The van der Waals surface area contributed by atoms with Crippen LogP contribution >= 0.6 is 22.7 Å². The van der Waals surface area contributed by atoms with Crippen molar-refractivity contribution in [1.82, 2.24) is 16.0 Å². The molecule has 0 saturated carbocycles. The van der Waals surface area contributed by atoms with Gasteiger partial charge in [0.15, 0.2) is 0 Å². The van der Waals surface area contributed by atoms with Crippen LogP contribution in [0.2, 0.25) is 0 Å². The van der Waals surface area contributed by atoms with Crippen molar-refractivity contribution in [2.75, 3.05) is 0 Å². The quantitative estimate of drug-likeness (QED) is 0.172. The summed E-state index contributed by atoms with van der Waals surface area (Å²) >= 11 is 3.72. The molecule has 7 aromatic carbocycles. The van der Waals surface area contributed by atoms with Gasteiger partial charge >= 0.3 is 0 Å². The van der Waals surface area contributed by atoms with E-state index < -0.39 is 0 Å². The number of benzene rings is 7. The molecule has 1 aliphatic rings. The fraction of sp³-hybridized carbons (Fsp3) is 0.0667. The van der Waals surface area contributed by atoms with Crippen LogP contribution in [0.15, 0.2) is 156 Å². The third kappa shape index (κ3) is 4.76. The minimum Gasteiger partial charge on any atom is -0.455 e. The fourth-order valence-electron chi connectivity index (χ4n) is 7.96. The van der Waals surface area contributed by atoms with Crippen molar-refractivity contribution >= 4 is 85.0 Å². The van der Waals surface area contributed by atoms with Gasteiger partial charge in [0.05, 0.1) is 18.5 Å².